The number of carbonyl (C=O) groups excluding carboxylic acids is 1. The normalized spacial score (nSPS) is 14.8. The van der Waals surface area contributed by atoms with E-state index >= 15 is 0 Å². The van der Waals surface area contributed by atoms with Crippen molar-refractivity contribution in [3.05, 3.63) is 70.2 Å². The van der Waals surface area contributed by atoms with Gasteiger partial charge in [0.1, 0.15) is 17.7 Å². The van der Waals surface area contributed by atoms with Crippen molar-refractivity contribution in [1.29, 1.82) is 0 Å². The molecule has 4 heterocycles. The van der Waals surface area contributed by atoms with Gasteiger partial charge in [0.05, 0.1) is 40.7 Å². The Morgan fingerprint density at radius 2 is 2.00 bits per heavy atom. The van der Waals surface area contributed by atoms with E-state index in [9.17, 15) is 4.79 Å². The number of halogens is 2. The van der Waals surface area contributed by atoms with E-state index in [1.54, 1.807) is 12.1 Å². The van der Waals surface area contributed by atoms with E-state index in [2.05, 4.69) is 30.5 Å². The number of morpholine rings is 1. The summed E-state index contributed by atoms with van der Waals surface area (Å²) >= 11 is 12.7. The fraction of sp³-hybridized carbons (Fsp3) is 0.333. The standard InChI is InChI=1S/C27H30Cl2N8O2/c1-17-32-15-20-6-5-19(16-37(17)20)22-14-24(35-27(30)34-22)33-23(13-18-3-2-4-21(28)25(18)29)26(38)31-7-8-36-9-11-39-12-10-36/h2-6,14-16,23H,7-13H2,1H3,(H,31,38)(H3,30,33,34,35)/t23-/m1/s1. The van der Waals surface area contributed by atoms with Crippen LogP contribution in [-0.2, 0) is 16.0 Å². The molecule has 3 aromatic heterocycles. The number of aromatic nitrogens is 4. The monoisotopic (exact) mass is 568 g/mol. The van der Waals surface area contributed by atoms with E-state index < -0.39 is 6.04 Å². The molecule has 4 aromatic rings. The van der Waals surface area contributed by atoms with Gasteiger partial charge < -0.3 is 25.5 Å². The van der Waals surface area contributed by atoms with E-state index in [1.165, 1.54) is 0 Å². The van der Waals surface area contributed by atoms with Crippen molar-refractivity contribution in [2.45, 2.75) is 19.4 Å². The number of aryl methyl sites for hydroxylation is 1. The van der Waals surface area contributed by atoms with Gasteiger partial charge in [0.15, 0.2) is 0 Å². The predicted molar refractivity (Wildman–Crippen MR) is 153 cm³/mol. The summed E-state index contributed by atoms with van der Waals surface area (Å²) in [6.07, 6.45) is 4.05. The molecular weight excluding hydrogens is 539 g/mol. The van der Waals surface area contributed by atoms with Gasteiger partial charge in [-0.3, -0.25) is 9.69 Å². The molecule has 1 aromatic carbocycles. The van der Waals surface area contributed by atoms with Crippen LogP contribution in [0.3, 0.4) is 0 Å². The molecule has 0 saturated carbocycles. The highest BCUT2D eigenvalue weighted by Crippen LogP contribution is 2.28. The first-order chi connectivity index (χ1) is 18.9. The largest absolute Gasteiger partial charge is 0.379 e. The van der Waals surface area contributed by atoms with Crippen LogP contribution in [0.4, 0.5) is 11.8 Å². The summed E-state index contributed by atoms with van der Waals surface area (Å²) in [6.45, 7) is 6.28. The molecule has 0 aliphatic carbocycles. The summed E-state index contributed by atoms with van der Waals surface area (Å²) < 4.78 is 7.38. The van der Waals surface area contributed by atoms with Gasteiger partial charge in [-0.05, 0) is 30.7 Å². The lowest BCUT2D eigenvalue weighted by molar-refractivity contribution is -0.121. The predicted octanol–water partition coefficient (Wildman–Crippen LogP) is 3.46. The van der Waals surface area contributed by atoms with Crippen molar-refractivity contribution >= 4 is 46.4 Å². The number of hydrogen-bond acceptors (Lipinski definition) is 8. The van der Waals surface area contributed by atoms with Gasteiger partial charge >= 0.3 is 0 Å². The Morgan fingerprint density at radius 1 is 1.18 bits per heavy atom. The van der Waals surface area contributed by atoms with E-state index in [1.807, 2.05) is 48.0 Å². The molecule has 1 aliphatic heterocycles. The average molecular weight is 569 g/mol. The number of imidazole rings is 1. The Morgan fingerprint density at radius 3 is 2.82 bits per heavy atom. The molecule has 1 aliphatic rings. The van der Waals surface area contributed by atoms with Crippen LogP contribution in [0.2, 0.25) is 10.0 Å². The zero-order valence-corrected chi connectivity index (χ0v) is 23.0. The van der Waals surface area contributed by atoms with Crippen LogP contribution in [0.25, 0.3) is 16.8 Å². The minimum Gasteiger partial charge on any atom is -0.379 e. The molecule has 0 unspecified atom stereocenters. The van der Waals surface area contributed by atoms with Gasteiger partial charge in [-0.1, -0.05) is 35.3 Å². The summed E-state index contributed by atoms with van der Waals surface area (Å²) in [5.74, 6) is 1.18. The minimum absolute atomic E-state index is 0.0877. The molecule has 204 valence electrons. The van der Waals surface area contributed by atoms with Gasteiger partial charge in [-0.25, -0.2) is 9.97 Å². The molecule has 5 rings (SSSR count). The summed E-state index contributed by atoms with van der Waals surface area (Å²) in [7, 11) is 0. The number of ether oxygens (including phenoxy) is 1. The minimum atomic E-state index is -0.689. The number of anilines is 2. The second kappa shape index (κ2) is 12.2. The smallest absolute Gasteiger partial charge is 0.242 e. The summed E-state index contributed by atoms with van der Waals surface area (Å²) in [4.78, 5) is 28.8. The van der Waals surface area contributed by atoms with Gasteiger partial charge in [0, 0.05) is 50.4 Å². The number of nitrogens with two attached hydrogens (primary N) is 1. The van der Waals surface area contributed by atoms with Crippen molar-refractivity contribution in [2.24, 2.45) is 0 Å². The summed E-state index contributed by atoms with van der Waals surface area (Å²) in [6, 6.07) is 10.4. The van der Waals surface area contributed by atoms with Crippen molar-refractivity contribution in [2.75, 3.05) is 50.4 Å². The molecule has 1 amide bonds. The average Bonchev–Trinajstić information content (AvgIpc) is 3.31. The molecule has 1 saturated heterocycles. The van der Waals surface area contributed by atoms with Crippen LogP contribution < -0.4 is 16.4 Å². The number of hydrogen-bond donors (Lipinski definition) is 3. The molecule has 0 radical (unpaired) electrons. The highest BCUT2D eigenvalue weighted by atomic mass is 35.5. The van der Waals surface area contributed by atoms with Crippen molar-refractivity contribution in [3.8, 4) is 11.3 Å². The number of nitrogen functional groups attached to an aromatic ring is 1. The molecule has 10 nitrogen and oxygen atoms in total. The third-order valence-electron chi connectivity index (χ3n) is 6.68. The Labute approximate surface area is 236 Å². The number of nitrogens with zero attached hydrogens (tertiary/aromatic N) is 5. The SMILES string of the molecule is Cc1ncc2ccc(-c3cc(N[C@H](Cc4cccc(Cl)c4Cl)C(=O)NCCN4CCOCC4)nc(N)n3)cn12. The van der Waals surface area contributed by atoms with Crippen LogP contribution in [0.1, 0.15) is 11.4 Å². The second-order valence-electron chi connectivity index (χ2n) is 9.37. The zero-order chi connectivity index (χ0) is 27.4. The number of rotatable bonds is 9. The van der Waals surface area contributed by atoms with Gasteiger partial charge in [-0.2, -0.15) is 4.98 Å². The quantitative estimate of drug-likeness (QED) is 0.280. The van der Waals surface area contributed by atoms with E-state index in [4.69, 9.17) is 33.7 Å². The number of nitrogens with one attached hydrogen (secondary N) is 2. The number of carbonyl (C=O) groups is 1. The molecule has 4 N–H and O–H groups in total. The summed E-state index contributed by atoms with van der Waals surface area (Å²) in [5, 5.41) is 7.15. The topological polar surface area (TPSA) is 123 Å². The number of benzene rings is 1. The Balaban J connectivity index is 1.38. The molecular formula is C27H30Cl2N8O2. The molecule has 0 bridgehead atoms. The third kappa shape index (κ3) is 6.59. The lowest BCUT2D eigenvalue weighted by Crippen LogP contribution is -2.46. The molecule has 1 atom stereocenters. The third-order valence-corrected chi connectivity index (χ3v) is 7.53. The maximum atomic E-state index is 13.4. The fourth-order valence-electron chi connectivity index (χ4n) is 4.56. The first-order valence-electron chi connectivity index (χ1n) is 12.7. The number of fused-ring (bicyclic) bond motifs is 1. The van der Waals surface area contributed by atoms with Crippen LogP contribution in [0.15, 0.2) is 48.8 Å². The van der Waals surface area contributed by atoms with Crippen LogP contribution in [-0.4, -0.2) is 75.6 Å². The van der Waals surface area contributed by atoms with Crippen LogP contribution in [0, 0.1) is 6.92 Å². The first-order valence-corrected chi connectivity index (χ1v) is 13.5. The van der Waals surface area contributed by atoms with E-state index in [-0.39, 0.29) is 11.9 Å². The van der Waals surface area contributed by atoms with Gasteiger partial charge in [-0.15, -0.1) is 0 Å². The molecule has 0 spiro atoms. The number of amides is 1. The van der Waals surface area contributed by atoms with Crippen molar-refractivity contribution in [3.63, 3.8) is 0 Å². The van der Waals surface area contributed by atoms with Crippen molar-refractivity contribution < 1.29 is 9.53 Å². The highest BCUT2D eigenvalue weighted by Gasteiger charge is 2.22. The lowest BCUT2D eigenvalue weighted by atomic mass is 10.0. The fourth-order valence-corrected chi connectivity index (χ4v) is 4.95. The first kappa shape index (κ1) is 27.1. The van der Waals surface area contributed by atoms with Gasteiger partial charge in [0.2, 0.25) is 11.9 Å². The van der Waals surface area contributed by atoms with Crippen LogP contribution in [0.5, 0.6) is 0 Å². The lowest BCUT2D eigenvalue weighted by Gasteiger charge is -2.27. The Kier molecular flexibility index (Phi) is 8.47. The zero-order valence-electron chi connectivity index (χ0n) is 21.5. The van der Waals surface area contributed by atoms with E-state index in [0.717, 1.165) is 42.1 Å². The summed E-state index contributed by atoms with van der Waals surface area (Å²) in [5.41, 5.74) is 9.27. The maximum Gasteiger partial charge on any atom is 0.242 e. The molecule has 12 heteroatoms. The molecule has 1 fully saturated rings. The Bertz CT molecular complexity index is 1470. The van der Waals surface area contributed by atoms with Crippen LogP contribution >= 0.6 is 23.2 Å². The highest BCUT2D eigenvalue weighted by molar-refractivity contribution is 6.42. The molecule has 39 heavy (non-hydrogen) atoms. The Hall–Kier alpha value is -3.44. The van der Waals surface area contributed by atoms with Gasteiger partial charge in [0.25, 0.3) is 0 Å². The second-order valence-corrected chi connectivity index (χ2v) is 10.2. The van der Waals surface area contributed by atoms with E-state index in [0.29, 0.717) is 47.7 Å². The maximum absolute atomic E-state index is 13.4. The number of pyridine rings is 1. The van der Waals surface area contributed by atoms with Crippen molar-refractivity contribution in [1.82, 2.24) is 29.6 Å².